The quantitative estimate of drug-likeness (QED) is 0.646. The first-order valence-corrected chi connectivity index (χ1v) is 5.67. The van der Waals surface area contributed by atoms with Crippen LogP contribution >= 0.6 is 0 Å². The van der Waals surface area contributed by atoms with E-state index in [0.717, 1.165) is 5.75 Å². The van der Waals surface area contributed by atoms with Crippen molar-refractivity contribution in [3.05, 3.63) is 29.8 Å². The van der Waals surface area contributed by atoms with Crippen molar-refractivity contribution < 1.29 is 4.74 Å². The molecule has 2 atom stereocenters. The highest BCUT2D eigenvalue weighted by molar-refractivity contribution is 5.37. The number of fused-ring (bicyclic) bond motifs is 1. The third kappa shape index (κ3) is 2.32. The highest BCUT2D eigenvalue weighted by Gasteiger charge is 2.26. The summed E-state index contributed by atoms with van der Waals surface area (Å²) in [4.78, 5) is 2.22. The van der Waals surface area contributed by atoms with Gasteiger partial charge in [-0.25, -0.2) is 0 Å². The van der Waals surface area contributed by atoms with Crippen LogP contribution < -0.4 is 4.74 Å². The normalized spacial score (nSPS) is 24.6. The maximum absolute atomic E-state index is 5.74. The van der Waals surface area contributed by atoms with Gasteiger partial charge in [0, 0.05) is 11.6 Å². The third-order valence-corrected chi connectivity index (χ3v) is 2.85. The van der Waals surface area contributed by atoms with Gasteiger partial charge in [0.05, 0.1) is 0 Å². The summed E-state index contributed by atoms with van der Waals surface area (Å²) in [7, 11) is 2.09. The van der Waals surface area contributed by atoms with Crippen molar-refractivity contribution in [1.82, 2.24) is 4.90 Å². The predicted molar refractivity (Wildman–Crippen MR) is 64.1 cm³/mol. The van der Waals surface area contributed by atoms with E-state index >= 15 is 0 Å². The molecular formula is C13H21NO. The predicted octanol–water partition coefficient (Wildman–Crippen LogP) is 3.44. The summed E-state index contributed by atoms with van der Waals surface area (Å²) in [6.07, 6.45) is 0.171. The van der Waals surface area contributed by atoms with Crippen LogP contribution in [0.15, 0.2) is 24.3 Å². The molecule has 0 N–H and O–H groups in total. The maximum atomic E-state index is 5.74. The van der Waals surface area contributed by atoms with Gasteiger partial charge in [0.2, 0.25) is 0 Å². The van der Waals surface area contributed by atoms with Crippen LogP contribution in [0.25, 0.3) is 0 Å². The van der Waals surface area contributed by atoms with Gasteiger partial charge in [0.1, 0.15) is 12.0 Å². The van der Waals surface area contributed by atoms with Gasteiger partial charge in [-0.3, -0.25) is 4.90 Å². The molecule has 0 radical (unpaired) electrons. The van der Waals surface area contributed by atoms with E-state index in [9.17, 15) is 0 Å². The summed E-state index contributed by atoms with van der Waals surface area (Å²) in [5.74, 6) is 1.03. The van der Waals surface area contributed by atoms with Gasteiger partial charge in [-0.2, -0.15) is 0 Å². The van der Waals surface area contributed by atoms with Crippen LogP contribution in [0.3, 0.4) is 0 Å². The van der Waals surface area contributed by atoms with Gasteiger partial charge in [-0.1, -0.05) is 32.0 Å². The molecule has 2 rings (SSSR count). The summed E-state index contributed by atoms with van der Waals surface area (Å²) in [6, 6.07) is 8.68. The van der Waals surface area contributed by atoms with Crippen molar-refractivity contribution in [3.8, 4) is 5.75 Å². The Morgan fingerprint density at radius 2 is 1.73 bits per heavy atom. The Hall–Kier alpha value is -1.02. The minimum Gasteiger partial charge on any atom is -0.475 e. The lowest BCUT2D eigenvalue weighted by Crippen LogP contribution is -2.39. The molecule has 2 nitrogen and oxygen atoms in total. The third-order valence-electron chi connectivity index (χ3n) is 2.85. The fourth-order valence-electron chi connectivity index (χ4n) is 1.73. The Morgan fingerprint density at radius 1 is 1.13 bits per heavy atom. The number of hydrogen-bond donors (Lipinski definition) is 0. The van der Waals surface area contributed by atoms with Crippen molar-refractivity contribution >= 4 is 0 Å². The zero-order valence-electron chi connectivity index (χ0n) is 10.3. The van der Waals surface area contributed by atoms with Crippen LogP contribution in [0, 0.1) is 0 Å². The molecule has 2 heteroatoms. The Bertz CT molecular complexity index is 311. The van der Waals surface area contributed by atoms with Gasteiger partial charge in [0.25, 0.3) is 0 Å². The van der Waals surface area contributed by atoms with Gasteiger partial charge in [-0.05, 0) is 27.0 Å². The Kier molecular flexibility index (Phi) is 4.15. The van der Waals surface area contributed by atoms with Crippen molar-refractivity contribution in [2.24, 2.45) is 0 Å². The zero-order chi connectivity index (χ0) is 11.4. The van der Waals surface area contributed by atoms with E-state index in [0.29, 0.717) is 6.04 Å². The fraction of sp³-hybridized carbons (Fsp3) is 0.538. The summed E-state index contributed by atoms with van der Waals surface area (Å²) in [5, 5.41) is 0. The number of ether oxygens (including phenoxy) is 1. The summed E-state index contributed by atoms with van der Waals surface area (Å²) in [6.45, 7) is 8.28. The molecule has 0 aromatic heterocycles. The number of nitrogens with zero attached hydrogens (tertiary/aromatic N) is 1. The minimum absolute atomic E-state index is 0.171. The molecule has 1 aliphatic heterocycles. The molecule has 0 aliphatic carbocycles. The van der Waals surface area contributed by atoms with Gasteiger partial charge < -0.3 is 4.74 Å². The molecular weight excluding hydrogens is 186 g/mol. The summed E-state index contributed by atoms with van der Waals surface area (Å²) < 4.78 is 5.74. The van der Waals surface area contributed by atoms with E-state index in [4.69, 9.17) is 4.74 Å². The van der Waals surface area contributed by atoms with Crippen molar-refractivity contribution in [3.63, 3.8) is 0 Å². The van der Waals surface area contributed by atoms with Gasteiger partial charge >= 0.3 is 0 Å². The molecule has 0 fully saturated rings. The molecule has 0 bridgehead atoms. The first kappa shape index (κ1) is 12.1. The molecule has 0 saturated heterocycles. The first-order valence-electron chi connectivity index (χ1n) is 5.67. The van der Waals surface area contributed by atoms with Crippen LogP contribution in [0.1, 0.15) is 39.3 Å². The topological polar surface area (TPSA) is 12.5 Å². The molecule has 0 spiro atoms. The SMILES string of the molecule is CC.CC1Oc2ccccc2C(C)N1C. The molecule has 1 aromatic carbocycles. The molecule has 1 aliphatic rings. The average Bonchev–Trinajstić information content (AvgIpc) is 2.29. The second-order valence-electron chi connectivity index (χ2n) is 3.60. The Labute approximate surface area is 92.9 Å². The van der Waals surface area contributed by atoms with Gasteiger partial charge in [0.15, 0.2) is 0 Å². The fourth-order valence-corrected chi connectivity index (χ4v) is 1.73. The van der Waals surface area contributed by atoms with Crippen LogP contribution in [0.5, 0.6) is 5.75 Å². The molecule has 1 heterocycles. The van der Waals surface area contributed by atoms with E-state index < -0.39 is 0 Å². The second kappa shape index (κ2) is 5.17. The van der Waals surface area contributed by atoms with Crippen molar-refractivity contribution in [2.75, 3.05) is 7.05 Å². The van der Waals surface area contributed by atoms with Gasteiger partial charge in [-0.15, -0.1) is 0 Å². The highest BCUT2D eigenvalue weighted by Crippen LogP contribution is 2.34. The largest absolute Gasteiger partial charge is 0.475 e. The average molecular weight is 207 g/mol. The van der Waals surface area contributed by atoms with E-state index in [1.807, 2.05) is 26.0 Å². The molecule has 2 unspecified atom stereocenters. The van der Waals surface area contributed by atoms with E-state index in [1.54, 1.807) is 0 Å². The smallest absolute Gasteiger partial charge is 0.150 e. The second-order valence-corrected chi connectivity index (χ2v) is 3.60. The van der Waals surface area contributed by atoms with E-state index in [2.05, 4.69) is 37.9 Å². The number of hydrogen-bond acceptors (Lipinski definition) is 2. The van der Waals surface area contributed by atoms with E-state index in [-0.39, 0.29) is 6.23 Å². The number of benzene rings is 1. The molecule has 84 valence electrons. The molecule has 15 heavy (non-hydrogen) atoms. The Morgan fingerprint density at radius 3 is 2.40 bits per heavy atom. The summed E-state index contributed by atoms with van der Waals surface area (Å²) >= 11 is 0. The van der Waals surface area contributed by atoms with Crippen molar-refractivity contribution in [2.45, 2.75) is 40.0 Å². The van der Waals surface area contributed by atoms with Crippen LogP contribution in [0.2, 0.25) is 0 Å². The van der Waals surface area contributed by atoms with E-state index in [1.165, 1.54) is 5.56 Å². The monoisotopic (exact) mass is 207 g/mol. The Balaban J connectivity index is 0.000000531. The van der Waals surface area contributed by atoms with Crippen LogP contribution in [-0.2, 0) is 0 Å². The standard InChI is InChI=1S/C11H15NO.C2H6/c1-8-10-6-4-5-7-11(10)13-9(2)12(8)3;1-2/h4-9H,1-3H3;1-2H3. The molecule has 0 saturated carbocycles. The number of para-hydroxylation sites is 1. The summed E-state index contributed by atoms with van der Waals surface area (Å²) in [5.41, 5.74) is 1.28. The number of rotatable bonds is 0. The van der Waals surface area contributed by atoms with Crippen LogP contribution in [-0.4, -0.2) is 18.2 Å². The minimum atomic E-state index is 0.171. The lowest BCUT2D eigenvalue weighted by Gasteiger charge is -2.37. The zero-order valence-corrected chi connectivity index (χ0v) is 10.3. The molecule has 0 amide bonds. The molecule has 1 aromatic rings. The highest BCUT2D eigenvalue weighted by atomic mass is 16.5. The van der Waals surface area contributed by atoms with Crippen LogP contribution in [0.4, 0.5) is 0 Å². The first-order chi connectivity index (χ1) is 7.20. The maximum Gasteiger partial charge on any atom is 0.150 e. The lowest BCUT2D eigenvalue weighted by atomic mass is 10.0. The van der Waals surface area contributed by atoms with Crippen molar-refractivity contribution in [1.29, 1.82) is 0 Å². The lowest BCUT2D eigenvalue weighted by molar-refractivity contribution is 0.0102.